The molecule has 9 nitrogen and oxygen atoms in total. The van der Waals surface area contributed by atoms with E-state index in [9.17, 15) is 9.46 Å². The predicted molar refractivity (Wildman–Crippen MR) is 190 cm³/mol. The minimum absolute atomic E-state index is 0.0637. The van der Waals surface area contributed by atoms with Crippen molar-refractivity contribution in [2.75, 3.05) is 17.8 Å². The maximum absolute atomic E-state index is 12.7. The van der Waals surface area contributed by atoms with Crippen molar-refractivity contribution in [3.05, 3.63) is 48.0 Å². The zero-order valence-electron chi connectivity index (χ0n) is 27.3. The van der Waals surface area contributed by atoms with Crippen molar-refractivity contribution in [2.45, 2.75) is 129 Å². The molecule has 0 aliphatic carbocycles. The number of nitrogens with two attached hydrogens (primary N) is 1. The van der Waals surface area contributed by atoms with Gasteiger partial charge in [-0.3, -0.25) is 4.57 Å². The van der Waals surface area contributed by atoms with Crippen LogP contribution >= 0.6 is 29.2 Å². The lowest BCUT2D eigenvalue weighted by molar-refractivity contribution is 0.0708. The zero-order valence-corrected chi connectivity index (χ0v) is 29.8. The van der Waals surface area contributed by atoms with E-state index in [2.05, 4.69) is 27.9 Å². The number of nitrogen functional groups attached to an aromatic ring is 1. The fourth-order valence-corrected chi connectivity index (χ4v) is 8.28. The van der Waals surface area contributed by atoms with Gasteiger partial charge in [0.1, 0.15) is 18.2 Å². The first-order valence-corrected chi connectivity index (χ1v) is 20.9. The normalized spacial score (nSPS) is 13.8. The van der Waals surface area contributed by atoms with Crippen LogP contribution in [0.1, 0.15) is 115 Å². The second-order valence-electron chi connectivity index (χ2n) is 11.8. The van der Waals surface area contributed by atoms with Gasteiger partial charge in [-0.05, 0) is 24.5 Å². The van der Waals surface area contributed by atoms with E-state index in [-0.39, 0.29) is 12.7 Å². The molecule has 0 radical (unpaired) electrons. The third kappa shape index (κ3) is 15.2. The van der Waals surface area contributed by atoms with Gasteiger partial charge in [-0.15, -0.1) is 0 Å². The van der Waals surface area contributed by atoms with Crippen LogP contribution < -0.4 is 5.73 Å². The molecule has 0 saturated heterocycles. The molecule has 12 heteroatoms. The summed E-state index contributed by atoms with van der Waals surface area (Å²) in [5.74, 6) is 2.29. The van der Waals surface area contributed by atoms with Gasteiger partial charge in [-0.2, -0.15) is 0 Å². The van der Waals surface area contributed by atoms with Gasteiger partial charge in [0, 0.05) is 11.5 Å². The Balaban J connectivity index is 1.23. The quantitative estimate of drug-likeness (QED) is 0.0481. The number of rotatable bonds is 26. The van der Waals surface area contributed by atoms with Crippen LogP contribution in [-0.4, -0.2) is 42.6 Å². The van der Waals surface area contributed by atoms with Crippen molar-refractivity contribution in [3.8, 4) is 0 Å². The van der Waals surface area contributed by atoms with Crippen LogP contribution in [0.25, 0.3) is 11.2 Å². The summed E-state index contributed by atoms with van der Waals surface area (Å²) in [6.45, 7) is 4.55. The molecule has 0 aliphatic rings. The average molecular weight is 680 g/mol. The van der Waals surface area contributed by atoms with E-state index < -0.39 is 13.9 Å². The molecule has 1 unspecified atom stereocenters. The number of hydrogen-bond acceptors (Lipinski definition) is 9. The summed E-state index contributed by atoms with van der Waals surface area (Å²) in [7, 11) is -0.201. The largest absolute Gasteiger partial charge is 0.382 e. The van der Waals surface area contributed by atoms with Gasteiger partial charge in [0.25, 0.3) is 0 Å². The van der Waals surface area contributed by atoms with E-state index in [0.29, 0.717) is 23.5 Å². The van der Waals surface area contributed by atoms with E-state index in [0.717, 1.165) is 22.6 Å². The third-order valence-electron chi connectivity index (χ3n) is 7.82. The molecule has 1 aromatic carbocycles. The van der Waals surface area contributed by atoms with E-state index in [1.165, 1.54) is 96.2 Å². The molecule has 3 N–H and O–H groups in total. The smallest absolute Gasteiger partial charge is 0.353 e. The molecule has 0 fully saturated rings. The lowest BCUT2D eigenvalue weighted by Crippen LogP contribution is -2.17. The van der Waals surface area contributed by atoms with Crippen molar-refractivity contribution < 1.29 is 18.7 Å². The lowest BCUT2D eigenvalue weighted by atomic mass is 10.0. The molecular formula is C33H54N5O4PS2. The van der Waals surface area contributed by atoms with Crippen molar-refractivity contribution in [3.63, 3.8) is 0 Å². The number of imidazole rings is 1. The average Bonchev–Trinajstić information content (AvgIpc) is 3.45. The lowest BCUT2D eigenvalue weighted by Gasteiger charge is -2.18. The molecule has 3 aromatic rings. The van der Waals surface area contributed by atoms with Gasteiger partial charge in [-0.1, -0.05) is 136 Å². The van der Waals surface area contributed by atoms with Crippen molar-refractivity contribution >= 4 is 46.2 Å². The Kier molecular flexibility index (Phi) is 18.5. The number of nitrogens with zero attached hydrogens (tertiary/aromatic N) is 4. The first-order chi connectivity index (χ1) is 21.9. The Morgan fingerprint density at radius 1 is 0.889 bits per heavy atom. The summed E-state index contributed by atoms with van der Waals surface area (Å²) >= 11 is 0. The monoisotopic (exact) mass is 679 g/mol. The summed E-state index contributed by atoms with van der Waals surface area (Å²) in [5.41, 5.74) is 9.01. The van der Waals surface area contributed by atoms with Gasteiger partial charge < -0.3 is 24.5 Å². The Labute approximate surface area is 278 Å². The maximum Gasteiger partial charge on any atom is 0.353 e. The molecule has 0 amide bonds. The van der Waals surface area contributed by atoms with Crippen LogP contribution in [0.4, 0.5) is 5.82 Å². The fraction of sp³-hybridized carbons (Fsp3) is 0.667. The first kappa shape index (κ1) is 37.8. The molecule has 252 valence electrons. The number of anilines is 1. The summed E-state index contributed by atoms with van der Waals surface area (Å²) in [5, 5.41) is 0. The minimum atomic E-state index is -3.95. The highest BCUT2D eigenvalue weighted by Crippen LogP contribution is 2.43. The topological polar surface area (TPSA) is 125 Å². The number of hydrogen-bond donors (Lipinski definition) is 2. The van der Waals surface area contributed by atoms with Crippen LogP contribution in [0.2, 0.25) is 0 Å². The number of ether oxygens (including phenoxy) is 1. The molecule has 2 aromatic heterocycles. The molecule has 2 heterocycles. The molecule has 0 saturated carbocycles. The minimum Gasteiger partial charge on any atom is -0.382 e. The summed E-state index contributed by atoms with van der Waals surface area (Å²) in [4.78, 5) is 22.8. The summed E-state index contributed by atoms with van der Waals surface area (Å²) in [6, 6.07) is 7.95. The molecule has 3 rings (SSSR count). The van der Waals surface area contributed by atoms with Gasteiger partial charge in [0.2, 0.25) is 0 Å². The van der Waals surface area contributed by atoms with Crippen LogP contribution in [-0.2, 0) is 32.7 Å². The highest BCUT2D eigenvalue weighted by Gasteiger charge is 2.22. The Bertz CT molecular complexity index is 1280. The van der Waals surface area contributed by atoms with E-state index in [1.54, 1.807) is 10.9 Å². The van der Waals surface area contributed by atoms with Crippen LogP contribution in [0.5, 0.6) is 0 Å². The van der Waals surface area contributed by atoms with Crippen molar-refractivity contribution in [1.82, 2.24) is 19.5 Å². The molecule has 0 spiro atoms. The Morgan fingerprint density at radius 3 is 2.18 bits per heavy atom. The number of aromatic nitrogens is 4. The van der Waals surface area contributed by atoms with E-state index in [4.69, 9.17) is 15.0 Å². The number of fused-ring (bicyclic) bond motifs is 1. The maximum atomic E-state index is 12.7. The van der Waals surface area contributed by atoms with Crippen molar-refractivity contribution in [1.29, 1.82) is 0 Å². The number of benzene rings is 1. The fourth-order valence-electron chi connectivity index (χ4n) is 5.15. The van der Waals surface area contributed by atoms with Gasteiger partial charge in [0.05, 0.1) is 25.6 Å². The molecule has 0 aliphatic heterocycles. The van der Waals surface area contributed by atoms with Crippen LogP contribution in [0.15, 0.2) is 36.9 Å². The molecular weight excluding hydrogens is 626 g/mol. The SMILES string of the molecule is CCCCCCCCCCCCCCCCSSCc1ccccc1COP(=O)(O)CO[C@H](C)Cn1cnc2c(N)ncnc21. The summed E-state index contributed by atoms with van der Waals surface area (Å²) in [6.07, 6.45) is 21.5. The van der Waals surface area contributed by atoms with Crippen LogP contribution in [0.3, 0.4) is 0 Å². The second-order valence-corrected chi connectivity index (χ2v) is 16.2. The zero-order chi connectivity index (χ0) is 32.2. The van der Waals surface area contributed by atoms with Crippen molar-refractivity contribution in [2.24, 2.45) is 0 Å². The predicted octanol–water partition coefficient (Wildman–Crippen LogP) is 9.54. The molecule has 0 bridgehead atoms. The third-order valence-corrected chi connectivity index (χ3v) is 11.2. The molecule has 45 heavy (non-hydrogen) atoms. The second kappa shape index (κ2) is 22.0. The highest BCUT2D eigenvalue weighted by molar-refractivity contribution is 8.76. The van der Waals surface area contributed by atoms with Gasteiger partial charge in [-0.25, -0.2) is 15.0 Å². The summed E-state index contributed by atoms with van der Waals surface area (Å²) < 4.78 is 25.7. The van der Waals surface area contributed by atoms with Gasteiger partial charge in [0.15, 0.2) is 11.5 Å². The number of unbranched alkanes of at least 4 members (excludes halogenated alkanes) is 13. The Hall–Kier alpha value is -1.62. The molecule has 2 atom stereocenters. The first-order valence-electron chi connectivity index (χ1n) is 16.7. The standard InChI is InChI=1S/C33H54N5O4PS2/c1-3-4-5-6-7-8-9-10-11-12-13-14-15-18-21-44-45-24-30-20-17-16-19-29(30)23-42-43(39,40)27-41-28(2)22-38-26-37-31-32(34)35-25-36-33(31)38/h16-17,19-20,25-26,28H,3-15,18,21-24,27H2,1-2H3,(H,39,40)(H2,34,35,36)/t28-/m1/s1. The Morgan fingerprint density at radius 2 is 1.51 bits per heavy atom. The van der Waals surface area contributed by atoms with E-state index >= 15 is 0 Å². The van der Waals surface area contributed by atoms with Crippen LogP contribution in [0, 0.1) is 0 Å². The van der Waals surface area contributed by atoms with E-state index in [1.807, 2.05) is 46.7 Å². The highest BCUT2D eigenvalue weighted by atomic mass is 33.1. The van der Waals surface area contributed by atoms with Gasteiger partial charge >= 0.3 is 7.60 Å².